The number of unbranched alkanes of at least 4 members (excludes halogenated alkanes) is 1. The summed E-state index contributed by atoms with van der Waals surface area (Å²) in [5, 5.41) is 21.4. The zero-order valence-electron chi connectivity index (χ0n) is 28.7. The number of halogens is 1. The highest BCUT2D eigenvalue weighted by Gasteiger charge is 2.40. The third-order valence-corrected chi connectivity index (χ3v) is 10.3. The topological polar surface area (TPSA) is 185 Å². The lowest BCUT2D eigenvalue weighted by Crippen LogP contribution is -2.58. The molecule has 0 radical (unpaired) electrons. The fraction of sp³-hybridized carbons (Fsp3) is 0.405. The van der Waals surface area contributed by atoms with E-state index >= 15 is 0 Å². The highest BCUT2D eigenvalue weighted by atomic mass is 35.5. The first-order chi connectivity index (χ1) is 24.3. The highest BCUT2D eigenvalue weighted by molar-refractivity contribution is 7.89. The molecule has 3 atom stereocenters. The van der Waals surface area contributed by atoms with Crippen LogP contribution < -0.4 is 15.8 Å². The van der Waals surface area contributed by atoms with Crippen LogP contribution in [0.3, 0.4) is 0 Å². The molecule has 3 aromatic carbocycles. The van der Waals surface area contributed by atoms with E-state index in [1.165, 1.54) is 17.0 Å². The summed E-state index contributed by atoms with van der Waals surface area (Å²) in [4.78, 5) is 53.9. The highest BCUT2D eigenvalue weighted by Crippen LogP contribution is 2.29. The largest absolute Gasteiger partial charge is 0.480 e. The van der Waals surface area contributed by atoms with Gasteiger partial charge in [-0.05, 0) is 93.7 Å². The van der Waals surface area contributed by atoms with Gasteiger partial charge < -0.3 is 20.1 Å². The summed E-state index contributed by atoms with van der Waals surface area (Å²) in [6.45, 7) is 3.70. The number of ether oxygens (including phenoxy) is 1. The van der Waals surface area contributed by atoms with Crippen molar-refractivity contribution < 1.29 is 37.4 Å². The molecule has 12 nitrogen and oxygen atoms in total. The minimum absolute atomic E-state index is 0.0517. The summed E-state index contributed by atoms with van der Waals surface area (Å²) in [5.41, 5.74) is 3.18. The molecular formula is C37H45ClN4O8S. The number of carboxylic acids is 1. The molecule has 274 valence electrons. The number of hydrogen-bond donors (Lipinski definition) is 4. The van der Waals surface area contributed by atoms with Crippen molar-refractivity contribution in [3.63, 3.8) is 0 Å². The number of amides is 2. The normalized spacial score (nSPS) is 14.6. The molecule has 0 saturated carbocycles. The zero-order chi connectivity index (χ0) is 37.1. The second-order valence-electron chi connectivity index (χ2n) is 12.6. The van der Waals surface area contributed by atoms with Gasteiger partial charge in [-0.2, -0.15) is 0 Å². The number of rotatable bonds is 18. The predicted molar refractivity (Wildman–Crippen MR) is 193 cm³/mol. The van der Waals surface area contributed by atoms with E-state index in [2.05, 4.69) is 10.6 Å². The molecule has 0 spiro atoms. The van der Waals surface area contributed by atoms with Gasteiger partial charge in [0.05, 0.1) is 17.7 Å². The van der Waals surface area contributed by atoms with Gasteiger partial charge in [0.25, 0.3) is 5.91 Å². The standard InChI is InChI=1S/C37H45ClN4O8S/c1-3-50-37(47)31(19-16-25-11-5-4-6-12-25)41-24(2)35(44)42(29-21-26-13-7-8-14-27(26)22-29)32(36(45)46)15-9-10-20-40-34(43)28-17-18-30(38)33(23-28)51(39,48)49/h4-8,11-14,17-18,23-24,29,31-32,41H,3,9-10,15-16,19-22H2,1-2H3,(H,40,43)(H,45,46)(H2,39,48,49)/t24-,31-,32-/m0/s1. The average Bonchev–Trinajstić information content (AvgIpc) is 3.53. The molecule has 5 N–H and O–H groups in total. The van der Waals surface area contributed by atoms with E-state index in [9.17, 15) is 32.7 Å². The summed E-state index contributed by atoms with van der Waals surface area (Å²) in [6, 6.07) is 17.9. The molecule has 4 rings (SSSR count). The van der Waals surface area contributed by atoms with Crippen LogP contribution in [0.15, 0.2) is 77.7 Å². The molecule has 0 aromatic heterocycles. The van der Waals surface area contributed by atoms with Crippen molar-refractivity contribution in [3.05, 3.63) is 100 Å². The summed E-state index contributed by atoms with van der Waals surface area (Å²) in [5.74, 6) is -2.62. The predicted octanol–water partition coefficient (Wildman–Crippen LogP) is 3.88. The molecule has 0 heterocycles. The van der Waals surface area contributed by atoms with Gasteiger partial charge in [-0.1, -0.05) is 66.2 Å². The summed E-state index contributed by atoms with van der Waals surface area (Å²) < 4.78 is 28.9. The van der Waals surface area contributed by atoms with E-state index in [1.54, 1.807) is 13.8 Å². The number of nitrogens with zero attached hydrogens (tertiary/aromatic N) is 1. The molecule has 0 bridgehead atoms. The molecule has 0 unspecified atom stereocenters. The van der Waals surface area contributed by atoms with E-state index in [-0.39, 0.29) is 35.1 Å². The van der Waals surface area contributed by atoms with Crippen molar-refractivity contribution in [2.24, 2.45) is 5.14 Å². The maximum atomic E-state index is 14.3. The minimum Gasteiger partial charge on any atom is -0.480 e. The molecule has 2 amide bonds. The third kappa shape index (κ3) is 10.8. The Kier molecular flexibility index (Phi) is 14.1. The van der Waals surface area contributed by atoms with Crippen LogP contribution in [0.2, 0.25) is 5.02 Å². The van der Waals surface area contributed by atoms with Crippen molar-refractivity contribution in [2.75, 3.05) is 13.2 Å². The minimum atomic E-state index is -4.14. The summed E-state index contributed by atoms with van der Waals surface area (Å²) >= 11 is 5.92. The van der Waals surface area contributed by atoms with Gasteiger partial charge in [0, 0.05) is 18.2 Å². The van der Waals surface area contributed by atoms with E-state index in [0.29, 0.717) is 38.5 Å². The van der Waals surface area contributed by atoms with Gasteiger partial charge >= 0.3 is 11.9 Å². The molecule has 14 heteroatoms. The van der Waals surface area contributed by atoms with E-state index < -0.39 is 57.9 Å². The lowest BCUT2D eigenvalue weighted by Gasteiger charge is -2.37. The van der Waals surface area contributed by atoms with E-state index in [4.69, 9.17) is 21.5 Å². The number of primary sulfonamides is 1. The molecule has 0 saturated heterocycles. The maximum absolute atomic E-state index is 14.3. The molecular weight excluding hydrogens is 696 g/mol. The number of nitrogens with one attached hydrogen (secondary N) is 2. The van der Waals surface area contributed by atoms with Gasteiger partial charge in [-0.3, -0.25) is 19.7 Å². The van der Waals surface area contributed by atoms with Crippen LogP contribution in [-0.4, -0.2) is 79.5 Å². The number of sulfonamides is 1. The van der Waals surface area contributed by atoms with Crippen molar-refractivity contribution in [1.29, 1.82) is 0 Å². The van der Waals surface area contributed by atoms with Crippen LogP contribution in [0.1, 0.15) is 66.6 Å². The number of benzene rings is 3. The second-order valence-corrected chi connectivity index (χ2v) is 14.5. The number of fused-ring (bicyclic) bond motifs is 1. The van der Waals surface area contributed by atoms with Gasteiger partial charge in [0.1, 0.15) is 17.0 Å². The first kappa shape index (κ1) is 39.5. The smallest absolute Gasteiger partial charge is 0.326 e. The molecule has 1 aliphatic carbocycles. The quantitative estimate of drug-likeness (QED) is 0.111. The van der Waals surface area contributed by atoms with Crippen LogP contribution >= 0.6 is 11.6 Å². The molecule has 0 aliphatic heterocycles. The molecule has 3 aromatic rings. The van der Waals surface area contributed by atoms with Crippen LogP contribution in [-0.2, 0) is 48.4 Å². The van der Waals surface area contributed by atoms with E-state index in [0.717, 1.165) is 22.8 Å². The Labute approximate surface area is 303 Å². The first-order valence-electron chi connectivity index (χ1n) is 17.0. The van der Waals surface area contributed by atoms with E-state index in [1.807, 2.05) is 54.6 Å². The number of esters is 1. The van der Waals surface area contributed by atoms with Gasteiger partial charge in [-0.25, -0.2) is 18.4 Å². The van der Waals surface area contributed by atoms with Crippen LogP contribution in [0.25, 0.3) is 0 Å². The fourth-order valence-corrected chi connectivity index (χ4v) is 7.47. The van der Waals surface area contributed by atoms with Gasteiger partial charge in [-0.15, -0.1) is 0 Å². The molecule has 51 heavy (non-hydrogen) atoms. The van der Waals surface area contributed by atoms with Gasteiger partial charge in [0.15, 0.2) is 0 Å². The first-order valence-corrected chi connectivity index (χ1v) is 18.9. The maximum Gasteiger partial charge on any atom is 0.326 e. The number of aryl methyl sites for hydroxylation is 1. The summed E-state index contributed by atoms with van der Waals surface area (Å²) in [7, 11) is -4.14. The number of carbonyl (C=O) groups is 4. The third-order valence-electron chi connectivity index (χ3n) is 8.95. The molecule has 1 aliphatic rings. The fourth-order valence-electron chi connectivity index (χ4n) is 6.40. The lowest BCUT2D eigenvalue weighted by atomic mass is 10.0. The number of carbonyl (C=O) groups excluding carboxylic acids is 3. The Hall–Kier alpha value is -4.30. The summed E-state index contributed by atoms with van der Waals surface area (Å²) in [6.07, 6.45) is 2.78. The number of carboxylic acid groups (broad SMARTS) is 1. The van der Waals surface area contributed by atoms with Crippen LogP contribution in [0.5, 0.6) is 0 Å². The Morgan fingerprint density at radius 2 is 1.63 bits per heavy atom. The van der Waals surface area contributed by atoms with Crippen molar-refractivity contribution in [1.82, 2.24) is 15.5 Å². The van der Waals surface area contributed by atoms with Crippen molar-refractivity contribution >= 4 is 45.4 Å². The number of aliphatic carboxylic acids is 1. The second kappa shape index (κ2) is 18.3. The Morgan fingerprint density at radius 1 is 0.980 bits per heavy atom. The number of hydrogen-bond acceptors (Lipinski definition) is 8. The van der Waals surface area contributed by atoms with Crippen molar-refractivity contribution in [2.45, 2.75) is 87.9 Å². The average molecular weight is 741 g/mol. The molecule has 0 fully saturated rings. The Balaban J connectivity index is 1.46. The SMILES string of the molecule is CCOC(=O)[C@H](CCc1ccccc1)N[C@@H](C)C(=O)N(C1Cc2ccccc2C1)[C@@H](CCCCNC(=O)c1ccc(Cl)c(S(N)(=O)=O)c1)C(=O)O. The monoisotopic (exact) mass is 740 g/mol. The Bertz CT molecular complexity index is 1780. The lowest BCUT2D eigenvalue weighted by molar-refractivity contribution is -0.154. The van der Waals surface area contributed by atoms with Gasteiger partial charge in [0.2, 0.25) is 15.9 Å². The Morgan fingerprint density at radius 3 is 2.24 bits per heavy atom. The van der Waals surface area contributed by atoms with Crippen molar-refractivity contribution in [3.8, 4) is 0 Å². The van der Waals surface area contributed by atoms with Crippen LogP contribution in [0, 0.1) is 0 Å². The zero-order valence-corrected chi connectivity index (χ0v) is 30.3. The van der Waals surface area contributed by atoms with Crippen LogP contribution in [0.4, 0.5) is 0 Å². The number of nitrogens with two attached hydrogens (primary N) is 1.